The molecule has 0 aromatic heterocycles. The molecule has 1 aromatic carbocycles. The second-order valence-electron chi connectivity index (χ2n) is 4.74. The van der Waals surface area contributed by atoms with Crippen molar-refractivity contribution in [3.63, 3.8) is 0 Å². The molecule has 1 saturated heterocycles. The van der Waals surface area contributed by atoms with Crippen molar-refractivity contribution in [3.05, 3.63) is 29.3 Å². The number of aryl methyl sites for hydroxylation is 2. The average Bonchev–Trinajstić information content (AvgIpc) is 2.36. The first-order chi connectivity index (χ1) is 8.65. The lowest BCUT2D eigenvalue weighted by atomic mass is 10.1. The molecule has 0 bridgehead atoms. The van der Waals surface area contributed by atoms with Crippen molar-refractivity contribution in [1.29, 1.82) is 0 Å². The quantitative estimate of drug-likeness (QED) is 0.871. The minimum absolute atomic E-state index is 0.0654. The van der Waals surface area contributed by atoms with Crippen LogP contribution in [0.5, 0.6) is 5.75 Å². The summed E-state index contributed by atoms with van der Waals surface area (Å²) in [4.78, 5) is 13.8. The highest BCUT2D eigenvalue weighted by Crippen LogP contribution is 2.16. The number of carbonyl (C=O) groups excluding carboxylic acids is 1. The Kier molecular flexibility index (Phi) is 4.20. The molecular formula is C14H20N2O2. The highest BCUT2D eigenvalue weighted by molar-refractivity contribution is 5.77. The van der Waals surface area contributed by atoms with Crippen molar-refractivity contribution in [2.45, 2.75) is 13.8 Å². The smallest absolute Gasteiger partial charge is 0.260 e. The summed E-state index contributed by atoms with van der Waals surface area (Å²) < 4.78 is 5.57. The topological polar surface area (TPSA) is 41.6 Å². The van der Waals surface area contributed by atoms with Gasteiger partial charge in [0.1, 0.15) is 5.75 Å². The van der Waals surface area contributed by atoms with Gasteiger partial charge in [-0.05, 0) is 37.1 Å². The number of nitrogens with zero attached hydrogens (tertiary/aromatic N) is 1. The van der Waals surface area contributed by atoms with E-state index in [2.05, 4.69) is 11.4 Å². The highest BCUT2D eigenvalue weighted by Gasteiger charge is 2.16. The van der Waals surface area contributed by atoms with Crippen molar-refractivity contribution in [2.24, 2.45) is 0 Å². The summed E-state index contributed by atoms with van der Waals surface area (Å²) in [5.74, 6) is 0.839. The number of hydrogen-bond donors (Lipinski definition) is 1. The number of nitrogens with one attached hydrogen (secondary N) is 1. The monoisotopic (exact) mass is 248 g/mol. The molecule has 4 heteroatoms. The van der Waals surface area contributed by atoms with Gasteiger partial charge in [0.25, 0.3) is 5.91 Å². The summed E-state index contributed by atoms with van der Waals surface area (Å²) in [6, 6.07) is 6.00. The number of piperazine rings is 1. The number of benzene rings is 1. The summed E-state index contributed by atoms with van der Waals surface area (Å²) in [5, 5.41) is 3.22. The van der Waals surface area contributed by atoms with Crippen LogP contribution in [0.2, 0.25) is 0 Å². The van der Waals surface area contributed by atoms with Crippen LogP contribution in [0.3, 0.4) is 0 Å². The summed E-state index contributed by atoms with van der Waals surface area (Å²) in [6.45, 7) is 7.47. The van der Waals surface area contributed by atoms with Crippen LogP contribution in [-0.2, 0) is 4.79 Å². The van der Waals surface area contributed by atoms with Crippen molar-refractivity contribution in [3.8, 4) is 5.75 Å². The van der Waals surface area contributed by atoms with Crippen LogP contribution in [0.1, 0.15) is 11.1 Å². The summed E-state index contributed by atoms with van der Waals surface area (Å²) in [5.41, 5.74) is 2.30. The predicted octanol–water partition coefficient (Wildman–Crippen LogP) is 1.11. The first kappa shape index (κ1) is 12.9. The summed E-state index contributed by atoms with van der Waals surface area (Å²) in [7, 11) is 0. The molecule has 0 aliphatic carbocycles. The average molecular weight is 248 g/mol. The lowest BCUT2D eigenvalue weighted by Gasteiger charge is -2.27. The molecule has 18 heavy (non-hydrogen) atoms. The van der Waals surface area contributed by atoms with E-state index in [9.17, 15) is 4.79 Å². The van der Waals surface area contributed by atoms with Crippen molar-refractivity contribution in [1.82, 2.24) is 10.2 Å². The lowest BCUT2D eigenvalue weighted by molar-refractivity contribution is -0.133. The minimum Gasteiger partial charge on any atom is -0.484 e. The second kappa shape index (κ2) is 5.87. The Morgan fingerprint density at radius 1 is 1.22 bits per heavy atom. The molecule has 1 aliphatic rings. The molecule has 1 amide bonds. The fourth-order valence-electron chi connectivity index (χ4n) is 2.17. The highest BCUT2D eigenvalue weighted by atomic mass is 16.5. The molecule has 1 heterocycles. The first-order valence-corrected chi connectivity index (χ1v) is 6.35. The lowest BCUT2D eigenvalue weighted by Crippen LogP contribution is -2.47. The zero-order valence-corrected chi connectivity index (χ0v) is 11.0. The van der Waals surface area contributed by atoms with Gasteiger partial charge in [-0.1, -0.05) is 6.07 Å². The Balaban J connectivity index is 1.88. The summed E-state index contributed by atoms with van der Waals surface area (Å²) in [6.07, 6.45) is 0. The molecule has 0 atom stereocenters. The number of hydrogen-bond acceptors (Lipinski definition) is 3. The third-order valence-electron chi connectivity index (χ3n) is 3.03. The van der Waals surface area contributed by atoms with E-state index in [0.717, 1.165) is 43.1 Å². The molecule has 1 N–H and O–H groups in total. The Hall–Kier alpha value is -1.55. The van der Waals surface area contributed by atoms with E-state index in [1.165, 1.54) is 0 Å². The second-order valence-corrected chi connectivity index (χ2v) is 4.74. The zero-order chi connectivity index (χ0) is 13.0. The van der Waals surface area contributed by atoms with Gasteiger partial charge in [0, 0.05) is 26.2 Å². The minimum atomic E-state index is 0.0654. The van der Waals surface area contributed by atoms with Crippen LogP contribution in [0.4, 0.5) is 0 Å². The van der Waals surface area contributed by atoms with Gasteiger partial charge in [0.2, 0.25) is 0 Å². The van der Waals surface area contributed by atoms with E-state index in [1.807, 2.05) is 30.9 Å². The molecule has 1 aliphatic heterocycles. The first-order valence-electron chi connectivity index (χ1n) is 6.35. The molecule has 1 aromatic rings. The Bertz CT molecular complexity index is 406. The molecule has 98 valence electrons. The Labute approximate surface area is 108 Å². The Morgan fingerprint density at radius 3 is 2.44 bits per heavy atom. The fraction of sp³-hybridized carbons (Fsp3) is 0.500. The molecule has 0 unspecified atom stereocenters. The maximum Gasteiger partial charge on any atom is 0.260 e. The number of carbonyl (C=O) groups is 1. The molecule has 0 spiro atoms. The van der Waals surface area contributed by atoms with Crippen LogP contribution in [0.25, 0.3) is 0 Å². The van der Waals surface area contributed by atoms with Crippen LogP contribution >= 0.6 is 0 Å². The maximum absolute atomic E-state index is 11.9. The summed E-state index contributed by atoms with van der Waals surface area (Å²) >= 11 is 0. The van der Waals surface area contributed by atoms with E-state index in [0.29, 0.717) is 0 Å². The predicted molar refractivity (Wildman–Crippen MR) is 70.9 cm³/mol. The van der Waals surface area contributed by atoms with E-state index in [-0.39, 0.29) is 12.5 Å². The fourth-order valence-corrected chi connectivity index (χ4v) is 2.17. The number of ether oxygens (including phenoxy) is 1. The SMILES string of the molecule is Cc1cc(C)cc(OCC(=O)N2CCNCC2)c1. The van der Waals surface area contributed by atoms with Gasteiger partial charge < -0.3 is 15.0 Å². The van der Waals surface area contributed by atoms with Crippen LogP contribution in [0, 0.1) is 13.8 Å². The van der Waals surface area contributed by atoms with Crippen LogP contribution in [-0.4, -0.2) is 43.6 Å². The molecule has 0 saturated carbocycles. The zero-order valence-electron chi connectivity index (χ0n) is 11.0. The van der Waals surface area contributed by atoms with Crippen molar-refractivity contribution < 1.29 is 9.53 Å². The van der Waals surface area contributed by atoms with E-state index < -0.39 is 0 Å². The van der Waals surface area contributed by atoms with E-state index in [4.69, 9.17) is 4.74 Å². The van der Waals surface area contributed by atoms with Gasteiger partial charge in [-0.15, -0.1) is 0 Å². The third kappa shape index (κ3) is 3.47. The van der Waals surface area contributed by atoms with E-state index >= 15 is 0 Å². The van der Waals surface area contributed by atoms with Gasteiger partial charge in [0.15, 0.2) is 6.61 Å². The van der Waals surface area contributed by atoms with Crippen LogP contribution in [0.15, 0.2) is 18.2 Å². The molecule has 1 fully saturated rings. The van der Waals surface area contributed by atoms with Crippen molar-refractivity contribution in [2.75, 3.05) is 32.8 Å². The normalized spacial score (nSPS) is 15.6. The number of rotatable bonds is 3. The third-order valence-corrected chi connectivity index (χ3v) is 3.03. The van der Waals surface area contributed by atoms with Crippen molar-refractivity contribution >= 4 is 5.91 Å². The number of amides is 1. The maximum atomic E-state index is 11.9. The molecular weight excluding hydrogens is 228 g/mol. The van der Waals surface area contributed by atoms with Gasteiger partial charge in [-0.25, -0.2) is 0 Å². The molecule has 2 rings (SSSR count). The van der Waals surface area contributed by atoms with Gasteiger partial charge in [-0.3, -0.25) is 4.79 Å². The molecule has 0 radical (unpaired) electrons. The van der Waals surface area contributed by atoms with Gasteiger partial charge in [-0.2, -0.15) is 0 Å². The van der Waals surface area contributed by atoms with E-state index in [1.54, 1.807) is 0 Å². The largest absolute Gasteiger partial charge is 0.484 e. The van der Waals surface area contributed by atoms with Crippen LogP contribution < -0.4 is 10.1 Å². The standard InChI is InChI=1S/C14H20N2O2/c1-11-7-12(2)9-13(8-11)18-10-14(17)16-5-3-15-4-6-16/h7-9,15H,3-6,10H2,1-2H3. The van der Waals surface area contributed by atoms with Gasteiger partial charge >= 0.3 is 0 Å². The van der Waals surface area contributed by atoms with Gasteiger partial charge in [0.05, 0.1) is 0 Å². The Morgan fingerprint density at radius 2 is 1.83 bits per heavy atom. The molecule has 4 nitrogen and oxygen atoms in total.